The van der Waals surface area contributed by atoms with E-state index in [9.17, 15) is 14.4 Å². The number of aromatic nitrogens is 1. The lowest BCUT2D eigenvalue weighted by Crippen LogP contribution is -2.41. The molecule has 3 heterocycles. The van der Waals surface area contributed by atoms with Gasteiger partial charge in [-0.15, -0.1) is 0 Å². The lowest BCUT2D eigenvalue weighted by molar-refractivity contribution is -0.124. The number of carbonyl (C=O) groups excluding carboxylic acids is 3. The van der Waals surface area contributed by atoms with Crippen molar-refractivity contribution >= 4 is 23.5 Å². The Balaban J connectivity index is 2.04. The first-order chi connectivity index (χ1) is 13.6. The number of Topliss-reactive ketones (excluding diaryl/α,β-unsaturated/α-hetero) is 1. The van der Waals surface area contributed by atoms with Gasteiger partial charge in [0.15, 0.2) is 11.6 Å². The average Bonchev–Trinajstić information content (AvgIpc) is 3.28. The Morgan fingerprint density at radius 2 is 2.03 bits per heavy atom. The summed E-state index contributed by atoms with van der Waals surface area (Å²) in [4.78, 5) is 46.2. The molecule has 0 radical (unpaired) electrons. The third kappa shape index (κ3) is 3.83. The van der Waals surface area contributed by atoms with E-state index in [1.807, 2.05) is 13.8 Å². The van der Waals surface area contributed by atoms with Crippen LogP contribution in [0.4, 0.5) is 0 Å². The van der Waals surface area contributed by atoms with Gasteiger partial charge in [0.1, 0.15) is 23.6 Å². The number of esters is 1. The fourth-order valence-corrected chi connectivity index (χ4v) is 2.96. The molecule has 8 nitrogen and oxygen atoms in total. The second-order valence-corrected chi connectivity index (χ2v) is 7.45. The van der Waals surface area contributed by atoms with Crippen molar-refractivity contribution in [1.82, 2.24) is 10.3 Å². The number of nitrogens with one attached hydrogen (secondary N) is 1. The lowest BCUT2D eigenvalue weighted by atomic mass is 9.89. The van der Waals surface area contributed by atoms with E-state index in [-0.39, 0.29) is 41.3 Å². The second-order valence-electron chi connectivity index (χ2n) is 7.45. The first-order valence-electron chi connectivity index (χ1n) is 9.27. The van der Waals surface area contributed by atoms with Crippen LogP contribution in [0.1, 0.15) is 65.6 Å². The molecule has 1 aliphatic heterocycles. The summed E-state index contributed by atoms with van der Waals surface area (Å²) in [5.74, 6) is -0.591. The van der Waals surface area contributed by atoms with Crippen molar-refractivity contribution in [1.29, 1.82) is 0 Å². The maximum Gasteiger partial charge on any atom is 0.340 e. The molecular formula is C21H23N3O5. The standard InChI is InChI=1S/C21H23N3O5/c1-11(2)21(5)20(27)23-18(24-21)17-16(9-15(13(4)25)12(3)22-17)19(26)29-10-14-7-6-8-28-14/h6-9,11H,10H2,1-5H3,(H,23,24,27). The van der Waals surface area contributed by atoms with Crippen LogP contribution in [0.25, 0.3) is 0 Å². The zero-order valence-corrected chi connectivity index (χ0v) is 17.0. The number of nitrogens with zero attached hydrogens (tertiary/aromatic N) is 2. The molecule has 0 aromatic carbocycles. The van der Waals surface area contributed by atoms with Crippen LogP contribution in [-0.2, 0) is 16.1 Å². The van der Waals surface area contributed by atoms with Crippen molar-refractivity contribution in [3.63, 3.8) is 0 Å². The Morgan fingerprint density at radius 1 is 1.31 bits per heavy atom. The molecule has 1 N–H and O–H groups in total. The molecule has 0 aliphatic carbocycles. The van der Waals surface area contributed by atoms with Crippen LogP contribution in [0.15, 0.2) is 33.9 Å². The number of amidine groups is 1. The Morgan fingerprint density at radius 3 is 2.59 bits per heavy atom. The molecular weight excluding hydrogens is 374 g/mol. The molecule has 0 saturated heterocycles. The minimum absolute atomic E-state index is 0.0550. The summed E-state index contributed by atoms with van der Waals surface area (Å²) in [5.41, 5.74) is -0.00557. The van der Waals surface area contributed by atoms with Gasteiger partial charge < -0.3 is 14.5 Å². The summed E-state index contributed by atoms with van der Waals surface area (Å²) in [6.45, 7) is 8.50. The number of pyridine rings is 1. The van der Waals surface area contributed by atoms with Crippen molar-refractivity contribution in [2.45, 2.75) is 46.8 Å². The number of aliphatic imine (C=N–C) groups is 1. The maximum absolute atomic E-state index is 12.8. The highest BCUT2D eigenvalue weighted by atomic mass is 16.5. The number of amides is 1. The third-order valence-electron chi connectivity index (χ3n) is 5.12. The van der Waals surface area contributed by atoms with E-state index in [0.717, 1.165) is 0 Å². The second kappa shape index (κ2) is 7.62. The number of carbonyl (C=O) groups is 3. The normalized spacial score (nSPS) is 18.6. The van der Waals surface area contributed by atoms with Gasteiger partial charge in [-0.3, -0.25) is 9.59 Å². The number of hydrogen-bond acceptors (Lipinski definition) is 7. The van der Waals surface area contributed by atoms with Gasteiger partial charge in [0.05, 0.1) is 11.8 Å². The van der Waals surface area contributed by atoms with E-state index in [0.29, 0.717) is 17.0 Å². The first-order valence-corrected chi connectivity index (χ1v) is 9.27. The molecule has 0 bridgehead atoms. The molecule has 0 fully saturated rings. The minimum Gasteiger partial charge on any atom is -0.466 e. The Kier molecular flexibility index (Phi) is 5.37. The monoisotopic (exact) mass is 397 g/mol. The van der Waals surface area contributed by atoms with Gasteiger partial charge >= 0.3 is 5.97 Å². The van der Waals surface area contributed by atoms with Gasteiger partial charge in [-0.05, 0) is 44.9 Å². The topological polar surface area (TPSA) is 111 Å². The molecule has 8 heteroatoms. The van der Waals surface area contributed by atoms with Crippen LogP contribution in [0, 0.1) is 12.8 Å². The highest BCUT2D eigenvalue weighted by Gasteiger charge is 2.43. The van der Waals surface area contributed by atoms with Gasteiger partial charge in [0.2, 0.25) is 0 Å². The fraction of sp³-hybridized carbons (Fsp3) is 0.381. The number of aryl methyl sites for hydroxylation is 1. The highest BCUT2D eigenvalue weighted by Crippen LogP contribution is 2.28. The minimum atomic E-state index is -0.973. The summed E-state index contributed by atoms with van der Waals surface area (Å²) in [5, 5.41) is 2.72. The SMILES string of the molecule is CC(=O)c1cc(C(=O)OCc2ccco2)c(C2=NC(C)(C(C)C)C(=O)N2)nc1C. The molecule has 0 spiro atoms. The molecule has 1 amide bonds. The van der Waals surface area contributed by atoms with Crippen LogP contribution in [0.2, 0.25) is 0 Å². The van der Waals surface area contributed by atoms with Crippen molar-refractivity contribution in [3.05, 3.63) is 52.7 Å². The summed E-state index contributed by atoms with van der Waals surface area (Å²) in [6.07, 6.45) is 1.48. The number of ether oxygens (including phenoxy) is 1. The smallest absolute Gasteiger partial charge is 0.340 e. The predicted octanol–water partition coefficient (Wildman–Crippen LogP) is 2.83. The fourth-order valence-electron chi connectivity index (χ4n) is 2.96. The number of hydrogen-bond donors (Lipinski definition) is 1. The molecule has 152 valence electrons. The zero-order valence-electron chi connectivity index (χ0n) is 17.0. The van der Waals surface area contributed by atoms with Crippen LogP contribution < -0.4 is 5.32 Å². The van der Waals surface area contributed by atoms with E-state index < -0.39 is 11.5 Å². The van der Waals surface area contributed by atoms with Crippen molar-refractivity contribution < 1.29 is 23.5 Å². The quantitative estimate of drug-likeness (QED) is 0.593. The van der Waals surface area contributed by atoms with Crippen molar-refractivity contribution in [2.75, 3.05) is 0 Å². The average molecular weight is 397 g/mol. The predicted molar refractivity (Wildman–Crippen MR) is 105 cm³/mol. The van der Waals surface area contributed by atoms with Gasteiger partial charge in [0, 0.05) is 11.3 Å². The molecule has 29 heavy (non-hydrogen) atoms. The van der Waals surface area contributed by atoms with Crippen molar-refractivity contribution in [3.8, 4) is 0 Å². The molecule has 1 atom stereocenters. The Labute approximate surface area is 168 Å². The number of rotatable bonds is 6. The lowest BCUT2D eigenvalue weighted by Gasteiger charge is -2.21. The van der Waals surface area contributed by atoms with Crippen LogP contribution in [-0.4, -0.2) is 34.0 Å². The van der Waals surface area contributed by atoms with Gasteiger partial charge in [-0.1, -0.05) is 13.8 Å². The Bertz CT molecular complexity index is 1010. The summed E-state index contributed by atoms with van der Waals surface area (Å²) in [7, 11) is 0. The Hall–Kier alpha value is -3.29. The molecule has 2 aromatic rings. The zero-order chi connectivity index (χ0) is 21.3. The molecule has 2 aromatic heterocycles. The van der Waals surface area contributed by atoms with Crippen LogP contribution in [0.5, 0.6) is 0 Å². The number of ketones is 1. The van der Waals surface area contributed by atoms with Gasteiger partial charge in [-0.25, -0.2) is 14.8 Å². The van der Waals surface area contributed by atoms with E-state index >= 15 is 0 Å². The molecule has 0 saturated carbocycles. The highest BCUT2D eigenvalue weighted by molar-refractivity contribution is 6.18. The third-order valence-corrected chi connectivity index (χ3v) is 5.12. The van der Waals surface area contributed by atoms with E-state index in [4.69, 9.17) is 9.15 Å². The van der Waals surface area contributed by atoms with E-state index in [1.165, 1.54) is 19.3 Å². The molecule has 1 unspecified atom stereocenters. The van der Waals surface area contributed by atoms with Crippen molar-refractivity contribution in [2.24, 2.45) is 10.9 Å². The summed E-state index contributed by atoms with van der Waals surface area (Å²) >= 11 is 0. The maximum atomic E-state index is 12.8. The number of furan rings is 1. The van der Waals surface area contributed by atoms with Crippen LogP contribution in [0.3, 0.4) is 0 Å². The summed E-state index contributed by atoms with van der Waals surface area (Å²) in [6, 6.07) is 4.80. The van der Waals surface area contributed by atoms with E-state index in [1.54, 1.807) is 26.0 Å². The van der Waals surface area contributed by atoms with Gasteiger partial charge in [0.25, 0.3) is 5.91 Å². The van der Waals surface area contributed by atoms with Crippen LogP contribution >= 0.6 is 0 Å². The largest absolute Gasteiger partial charge is 0.466 e. The molecule has 1 aliphatic rings. The van der Waals surface area contributed by atoms with E-state index in [2.05, 4.69) is 15.3 Å². The first kappa shape index (κ1) is 20.4. The van der Waals surface area contributed by atoms with Gasteiger partial charge in [-0.2, -0.15) is 0 Å². The molecule has 3 rings (SSSR count). The summed E-state index contributed by atoms with van der Waals surface area (Å²) < 4.78 is 10.5.